The highest BCUT2D eigenvalue weighted by Gasteiger charge is 2.36. The van der Waals surface area contributed by atoms with Crippen LogP contribution in [0.2, 0.25) is 0 Å². The van der Waals surface area contributed by atoms with Crippen molar-refractivity contribution in [2.75, 3.05) is 11.5 Å². The first-order valence-electron chi connectivity index (χ1n) is 11.3. The molecule has 0 saturated heterocycles. The van der Waals surface area contributed by atoms with Gasteiger partial charge in [0, 0.05) is 30.0 Å². The van der Waals surface area contributed by atoms with Gasteiger partial charge in [-0.05, 0) is 54.7 Å². The molecule has 0 heterocycles. The summed E-state index contributed by atoms with van der Waals surface area (Å²) >= 11 is 0. The molecule has 0 bridgehead atoms. The Morgan fingerprint density at radius 2 is 1.71 bits per heavy atom. The van der Waals surface area contributed by atoms with Gasteiger partial charge in [0.05, 0.1) is 35.7 Å². The zero-order valence-electron chi connectivity index (χ0n) is 19.7. The van der Waals surface area contributed by atoms with Crippen LogP contribution in [0.1, 0.15) is 40.7 Å². The van der Waals surface area contributed by atoms with Gasteiger partial charge < -0.3 is 20.9 Å². The Balaban J connectivity index is 1.80. The Morgan fingerprint density at radius 1 is 1.06 bits per heavy atom. The molecule has 3 aromatic carbocycles. The molecule has 0 amide bonds. The minimum absolute atomic E-state index is 0.0652. The summed E-state index contributed by atoms with van der Waals surface area (Å²) in [5, 5.41) is 18.1. The van der Waals surface area contributed by atoms with E-state index in [2.05, 4.69) is 12.1 Å². The van der Waals surface area contributed by atoms with E-state index in [1.165, 1.54) is 0 Å². The number of ether oxygens (including phenoxy) is 2. The molecule has 4 rings (SSSR count). The van der Waals surface area contributed by atoms with Gasteiger partial charge in [-0.3, -0.25) is 4.79 Å². The third-order valence-corrected chi connectivity index (χ3v) is 6.04. The zero-order valence-corrected chi connectivity index (χ0v) is 19.7. The van der Waals surface area contributed by atoms with Crippen molar-refractivity contribution >= 4 is 17.2 Å². The standard InChI is InChI=1S/C28H26N4O3/c1-16-10-19(4-3-9-29)11-17(2)28(16)35-24-12-22(31)27(32)26(20-7-5-18(14-30)6-8-20)21(24)15-34-25-13-23(25)33/h5-8,10-12,25H,3-4,13,15,31-32H2,1-2H3. The van der Waals surface area contributed by atoms with E-state index in [1.807, 2.05) is 26.0 Å². The SMILES string of the molecule is Cc1cc(CCC#N)cc(C)c1Oc1cc(N)c(N)c(-c2ccc(C#N)cc2)c1COC1CC1=O. The first-order valence-corrected chi connectivity index (χ1v) is 11.3. The lowest BCUT2D eigenvalue weighted by atomic mass is 9.95. The van der Waals surface area contributed by atoms with Crippen molar-refractivity contribution < 1.29 is 14.3 Å². The summed E-state index contributed by atoms with van der Waals surface area (Å²) in [4.78, 5) is 11.6. The van der Waals surface area contributed by atoms with Gasteiger partial charge in [0.25, 0.3) is 0 Å². The normalized spacial score (nSPS) is 14.3. The molecule has 0 aliphatic heterocycles. The topological polar surface area (TPSA) is 135 Å². The summed E-state index contributed by atoms with van der Waals surface area (Å²) in [5.74, 6) is 1.24. The van der Waals surface area contributed by atoms with E-state index in [-0.39, 0.29) is 12.4 Å². The van der Waals surface area contributed by atoms with E-state index < -0.39 is 6.10 Å². The van der Waals surface area contributed by atoms with Gasteiger partial charge in [-0.25, -0.2) is 0 Å². The number of hydrogen-bond donors (Lipinski definition) is 2. The molecule has 1 atom stereocenters. The number of nitrogens with zero attached hydrogens (tertiary/aromatic N) is 2. The smallest absolute Gasteiger partial charge is 0.165 e. The molecule has 4 N–H and O–H groups in total. The van der Waals surface area contributed by atoms with Crippen LogP contribution in [0.15, 0.2) is 42.5 Å². The van der Waals surface area contributed by atoms with Crippen molar-refractivity contribution in [3.8, 4) is 34.8 Å². The number of ketones is 1. The molecule has 1 fully saturated rings. The predicted octanol–water partition coefficient (Wildman–Crippen LogP) is 5.11. The monoisotopic (exact) mass is 466 g/mol. The molecule has 3 aromatic rings. The molecule has 7 heteroatoms. The maximum absolute atomic E-state index is 11.6. The average molecular weight is 467 g/mol. The Morgan fingerprint density at radius 3 is 2.29 bits per heavy atom. The van der Waals surface area contributed by atoms with Crippen molar-refractivity contribution in [3.05, 3.63) is 70.3 Å². The van der Waals surface area contributed by atoms with Crippen LogP contribution in [0.25, 0.3) is 11.1 Å². The second kappa shape index (κ2) is 9.89. The van der Waals surface area contributed by atoms with Gasteiger partial charge >= 0.3 is 0 Å². The lowest BCUT2D eigenvalue weighted by molar-refractivity contribution is -0.113. The highest BCUT2D eigenvalue weighted by atomic mass is 16.5. The van der Waals surface area contributed by atoms with Crippen LogP contribution in [0, 0.1) is 36.5 Å². The number of nitrogens with two attached hydrogens (primary N) is 2. The van der Waals surface area contributed by atoms with E-state index in [1.54, 1.807) is 30.3 Å². The van der Waals surface area contributed by atoms with Gasteiger partial charge in [-0.15, -0.1) is 0 Å². The summed E-state index contributed by atoms with van der Waals surface area (Å²) in [7, 11) is 0. The van der Waals surface area contributed by atoms with Crippen LogP contribution in [-0.2, 0) is 22.6 Å². The molecular weight excluding hydrogens is 440 g/mol. The predicted molar refractivity (Wildman–Crippen MR) is 134 cm³/mol. The fraction of sp³-hybridized carbons (Fsp3) is 0.250. The summed E-state index contributed by atoms with van der Waals surface area (Å²) in [6.45, 7) is 4.03. The number of benzene rings is 3. The Labute approximate surface area is 204 Å². The van der Waals surface area contributed by atoms with Gasteiger partial charge in [-0.2, -0.15) is 10.5 Å². The summed E-state index contributed by atoms with van der Waals surface area (Å²) in [6.07, 6.45) is 1.10. The average Bonchev–Trinajstić information content (AvgIpc) is 3.55. The fourth-order valence-corrected chi connectivity index (χ4v) is 4.13. The highest BCUT2D eigenvalue weighted by molar-refractivity contribution is 5.98. The zero-order chi connectivity index (χ0) is 25.1. The van der Waals surface area contributed by atoms with Crippen molar-refractivity contribution in [1.29, 1.82) is 10.5 Å². The number of nitriles is 2. The van der Waals surface area contributed by atoms with Crippen molar-refractivity contribution in [2.45, 2.75) is 45.8 Å². The Hall–Kier alpha value is -4.33. The number of nitrogen functional groups attached to an aromatic ring is 2. The largest absolute Gasteiger partial charge is 0.456 e. The van der Waals surface area contributed by atoms with Crippen molar-refractivity contribution in [1.82, 2.24) is 0 Å². The number of rotatable bonds is 8. The third kappa shape index (κ3) is 5.11. The lowest BCUT2D eigenvalue weighted by Gasteiger charge is -2.21. The van der Waals surface area contributed by atoms with Crippen LogP contribution in [0.5, 0.6) is 11.5 Å². The molecule has 176 valence electrons. The second-order valence-electron chi connectivity index (χ2n) is 8.71. The molecular formula is C28H26N4O3. The van der Waals surface area contributed by atoms with Gasteiger partial charge in [0.1, 0.15) is 17.6 Å². The summed E-state index contributed by atoms with van der Waals surface area (Å²) < 4.78 is 12.3. The molecule has 0 radical (unpaired) electrons. The number of Topliss-reactive ketones (excluding diaryl/α,β-unsaturated/α-hetero) is 1. The molecule has 0 spiro atoms. The number of aryl methyl sites for hydroxylation is 3. The Bertz CT molecular complexity index is 1360. The fourth-order valence-electron chi connectivity index (χ4n) is 4.13. The molecule has 35 heavy (non-hydrogen) atoms. The first kappa shape index (κ1) is 23.8. The maximum Gasteiger partial charge on any atom is 0.165 e. The number of carbonyl (C=O) groups is 1. The van der Waals surface area contributed by atoms with E-state index in [0.717, 1.165) is 22.3 Å². The quantitative estimate of drug-likeness (QED) is 0.440. The minimum Gasteiger partial charge on any atom is -0.456 e. The van der Waals surface area contributed by atoms with Crippen LogP contribution in [-0.4, -0.2) is 11.9 Å². The minimum atomic E-state index is -0.418. The lowest BCUT2D eigenvalue weighted by Crippen LogP contribution is -2.07. The van der Waals surface area contributed by atoms with Crippen LogP contribution in [0.3, 0.4) is 0 Å². The first-order chi connectivity index (χ1) is 16.8. The van der Waals surface area contributed by atoms with Gasteiger partial charge in [0.2, 0.25) is 0 Å². The van der Waals surface area contributed by atoms with E-state index in [0.29, 0.717) is 58.8 Å². The van der Waals surface area contributed by atoms with Crippen molar-refractivity contribution in [2.24, 2.45) is 0 Å². The summed E-state index contributed by atoms with van der Waals surface area (Å²) in [6, 6.07) is 17.0. The highest BCUT2D eigenvalue weighted by Crippen LogP contribution is 2.43. The molecule has 1 aliphatic rings. The number of anilines is 2. The number of hydrogen-bond acceptors (Lipinski definition) is 7. The van der Waals surface area contributed by atoms with E-state index in [4.69, 9.17) is 26.2 Å². The third-order valence-electron chi connectivity index (χ3n) is 6.04. The van der Waals surface area contributed by atoms with E-state index >= 15 is 0 Å². The molecule has 0 aromatic heterocycles. The van der Waals surface area contributed by atoms with Crippen LogP contribution in [0.4, 0.5) is 11.4 Å². The maximum atomic E-state index is 11.6. The number of carbonyl (C=O) groups excluding carboxylic acids is 1. The Kier molecular flexibility index (Phi) is 6.73. The van der Waals surface area contributed by atoms with Crippen molar-refractivity contribution in [3.63, 3.8) is 0 Å². The van der Waals surface area contributed by atoms with Gasteiger partial charge in [0.15, 0.2) is 5.78 Å². The van der Waals surface area contributed by atoms with Crippen LogP contribution >= 0.6 is 0 Å². The molecule has 1 aliphatic carbocycles. The molecule has 1 saturated carbocycles. The molecule has 1 unspecified atom stereocenters. The van der Waals surface area contributed by atoms with E-state index in [9.17, 15) is 10.1 Å². The van der Waals surface area contributed by atoms with Crippen LogP contribution < -0.4 is 16.2 Å². The molecule has 7 nitrogen and oxygen atoms in total. The summed E-state index contributed by atoms with van der Waals surface area (Å²) in [5.41, 5.74) is 19.0. The second-order valence-corrected chi connectivity index (χ2v) is 8.71. The van der Waals surface area contributed by atoms with Gasteiger partial charge in [-0.1, -0.05) is 24.3 Å².